The summed E-state index contributed by atoms with van der Waals surface area (Å²) in [6, 6.07) is 19.5. The molecule has 0 amide bonds. The number of sulfonamides is 1. The number of rotatable bonds is 6. The molecule has 154 valence electrons. The smallest absolute Gasteiger partial charge is 0.262 e. The van der Waals surface area contributed by atoms with Crippen LogP contribution in [0.1, 0.15) is 31.1 Å². The van der Waals surface area contributed by atoms with E-state index in [1.807, 2.05) is 0 Å². The van der Waals surface area contributed by atoms with Crippen molar-refractivity contribution >= 4 is 27.9 Å². The van der Waals surface area contributed by atoms with Gasteiger partial charge in [-0.05, 0) is 24.3 Å². The lowest BCUT2D eigenvalue weighted by molar-refractivity contribution is 0.0933. The van der Waals surface area contributed by atoms with Crippen molar-refractivity contribution in [3.05, 3.63) is 107 Å². The second-order valence-corrected chi connectivity index (χ2v) is 8.30. The second-order valence-electron chi connectivity index (χ2n) is 6.62. The minimum Gasteiger partial charge on any atom is -0.451 e. The van der Waals surface area contributed by atoms with Crippen LogP contribution in [0.5, 0.6) is 5.75 Å². The van der Waals surface area contributed by atoms with Crippen LogP contribution in [0.4, 0.5) is 0 Å². The molecular formula is C23H15NO6S. The van der Waals surface area contributed by atoms with Gasteiger partial charge < -0.3 is 4.74 Å². The largest absolute Gasteiger partial charge is 0.451 e. The number of benzene rings is 3. The Kier molecular flexibility index (Phi) is 5.22. The topological polar surface area (TPSA) is 107 Å². The fraction of sp³-hybridized carbons (Fsp3) is 0. The molecule has 1 aliphatic carbocycles. The molecule has 0 atom stereocenters. The van der Waals surface area contributed by atoms with E-state index >= 15 is 0 Å². The van der Waals surface area contributed by atoms with E-state index in [1.165, 1.54) is 60.7 Å². The Labute approximate surface area is 178 Å². The first-order valence-electron chi connectivity index (χ1n) is 9.14. The summed E-state index contributed by atoms with van der Waals surface area (Å²) in [5.41, 5.74) is -0.0486. The molecule has 0 heterocycles. The van der Waals surface area contributed by atoms with Gasteiger partial charge in [-0.1, -0.05) is 54.6 Å². The highest BCUT2D eigenvalue weighted by Gasteiger charge is 2.36. The number of hydrogen-bond acceptors (Lipinski definition) is 6. The molecule has 8 heteroatoms. The lowest BCUT2D eigenvalue weighted by Crippen LogP contribution is -2.35. The Bertz CT molecular complexity index is 1340. The molecule has 31 heavy (non-hydrogen) atoms. The van der Waals surface area contributed by atoms with Gasteiger partial charge in [-0.25, -0.2) is 8.42 Å². The Morgan fingerprint density at radius 1 is 0.774 bits per heavy atom. The predicted molar refractivity (Wildman–Crippen MR) is 111 cm³/mol. The van der Waals surface area contributed by atoms with Gasteiger partial charge in [0.05, 0.1) is 4.90 Å². The van der Waals surface area contributed by atoms with Gasteiger partial charge in [0, 0.05) is 16.7 Å². The molecule has 0 aliphatic heterocycles. The fourth-order valence-corrected chi connectivity index (χ4v) is 4.19. The molecule has 1 aliphatic rings. The first-order valence-corrected chi connectivity index (χ1v) is 10.6. The van der Waals surface area contributed by atoms with Crippen molar-refractivity contribution in [1.29, 1.82) is 0 Å². The molecule has 0 spiro atoms. The van der Waals surface area contributed by atoms with E-state index < -0.39 is 33.0 Å². The summed E-state index contributed by atoms with van der Waals surface area (Å²) in [5, 5.41) is 0. The minimum atomic E-state index is -4.17. The maximum absolute atomic E-state index is 13.1. The molecule has 0 fully saturated rings. The van der Waals surface area contributed by atoms with Crippen LogP contribution in [-0.2, 0) is 10.0 Å². The maximum Gasteiger partial charge on any atom is 0.262 e. The molecule has 0 bridgehead atoms. The van der Waals surface area contributed by atoms with Crippen molar-refractivity contribution in [3.8, 4) is 5.75 Å². The van der Waals surface area contributed by atoms with Gasteiger partial charge in [-0.2, -0.15) is 0 Å². The summed E-state index contributed by atoms with van der Waals surface area (Å²) in [5.74, 6) is -1.71. The number of ketones is 2. The van der Waals surface area contributed by atoms with Crippen LogP contribution in [0.25, 0.3) is 0 Å². The Morgan fingerprint density at radius 3 is 2.10 bits per heavy atom. The van der Waals surface area contributed by atoms with Crippen LogP contribution in [0.15, 0.2) is 95.2 Å². The first-order chi connectivity index (χ1) is 14.9. The number of allylic oxidation sites excluding steroid dienone is 2. The second kappa shape index (κ2) is 8.00. The number of aldehydes is 1. The van der Waals surface area contributed by atoms with Crippen LogP contribution in [0.2, 0.25) is 0 Å². The molecule has 0 saturated carbocycles. The van der Waals surface area contributed by atoms with Crippen LogP contribution < -0.4 is 9.46 Å². The highest BCUT2D eigenvalue weighted by atomic mass is 32.2. The molecule has 0 aromatic heterocycles. The molecule has 0 unspecified atom stereocenters. The number of hydrogen-bond donors (Lipinski definition) is 1. The highest BCUT2D eigenvalue weighted by Crippen LogP contribution is 2.28. The number of nitrogens with one attached hydrogen (secondary N) is 1. The van der Waals surface area contributed by atoms with Crippen molar-refractivity contribution in [2.75, 3.05) is 0 Å². The number of Topliss-reactive ketones (excluding diaryl/α,β-unsaturated/α-hetero) is 2. The van der Waals surface area contributed by atoms with Crippen LogP contribution >= 0.6 is 0 Å². The molecule has 0 radical (unpaired) electrons. The van der Waals surface area contributed by atoms with E-state index in [4.69, 9.17) is 4.74 Å². The van der Waals surface area contributed by atoms with Crippen molar-refractivity contribution in [1.82, 2.24) is 4.72 Å². The maximum atomic E-state index is 13.1. The number of carbonyl (C=O) groups excluding carboxylic acids is 3. The summed E-state index contributed by atoms with van der Waals surface area (Å²) in [4.78, 5) is 37.2. The lowest BCUT2D eigenvalue weighted by atomic mass is 9.91. The fourth-order valence-electron chi connectivity index (χ4n) is 3.10. The molecule has 3 aromatic rings. The van der Waals surface area contributed by atoms with Crippen LogP contribution in [-0.4, -0.2) is 26.3 Å². The van der Waals surface area contributed by atoms with Crippen molar-refractivity contribution in [2.24, 2.45) is 0 Å². The van der Waals surface area contributed by atoms with E-state index in [2.05, 4.69) is 4.72 Å². The van der Waals surface area contributed by atoms with Crippen molar-refractivity contribution < 1.29 is 27.5 Å². The number of fused-ring (bicyclic) bond motifs is 1. The van der Waals surface area contributed by atoms with Crippen LogP contribution in [0, 0.1) is 0 Å². The van der Waals surface area contributed by atoms with E-state index in [-0.39, 0.29) is 21.8 Å². The van der Waals surface area contributed by atoms with Gasteiger partial charge in [0.2, 0.25) is 17.3 Å². The summed E-state index contributed by atoms with van der Waals surface area (Å²) in [6.45, 7) is 0. The zero-order chi connectivity index (χ0) is 22.0. The van der Waals surface area contributed by atoms with Gasteiger partial charge in [-0.15, -0.1) is 0 Å². The third-order valence-electron chi connectivity index (χ3n) is 4.58. The van der Waals surface area contributed by atoms with Gasteiger partial charge in [0.15, 0.2) is 0 Å². The summed E-state index contributed by atoms with van der Waals surface area (Å²) in [7, 11) is -4.17. The predicted octanol–water partition coefficient (Wildman–Crippen LogP) is 3.15. The van der Waals surface area contributed by atoms with E-state index in [1.54, 1.807) is 18.2 Å². The normalized spacial score (nSPS) is 13.5. The molecule has 0 saturated heterocycles. The van der Waals surface area contributed by atoms with Gasteiger partial charge in [0.1, 0.15) is 17.7 Å². The summed E-state index contributed by atoms with van der Waals surface area (Å²) >= 11 is 0. The zero-order valence-electron chi connectivity index (χ0n) is 15.9. The Hall–Kier alpha value is -4.04. The number of carbonyl (C=O) groups is 3. The third kappa shape index (κ3) is 3.88. The number of ether oxygens (including phenoxy) is 1. The monoisotopic (exact) mass is 433 g/mol. The third-order valence-corrected chi connectivity index (χ3v) is 5.95. The Morgan fingerprint density at radius 2 is 1.42 bits per heavy atom. The zero-order valence-corrected chi connectivity index (χ0v) is 16.8. The lowest BCUT2D eigenvalue weighted by Gasteiger charge is -2.22. The molecule has 7 nitrogen and oxygen atoms in total. The van der Waals surface area contributed by atoms with E-state index in [0.29, 0.717) is 11.8 Å². The standard InChI is InChI=1S/C23H15NO6S/c25-14-15-7-6-8-16(13-15)30-23-20(24-31(28,29)17-9-2-1-3-10-17)21(26)18-11-4-5-12-19(18)22(23)27/h1-14,24H. The molecule has 3 aromatic carbocycles. The van der Waals surface area contributed by atoms with Gasteiger partial charge in [0.25, 0.3) is 10.0 Å². The highest BCUT2D eigenvalue weighted by molar-refractivity contribution is 7.89. The quantitative estimate of drug-likeness (QED) is 0.599. The average Bonchev–Trinajstić information content (AvgIpc) is 2.80. The summed E-state index contributed by atoms with van der Waals surface area (Å²) < 4.78 is 33.6. The minimum absolute atomic E-state index is 0.0623. The average molecular weight is 433 g/mol. The Balaban J connectivity index is 1.84. The molecular weight excluding hydrogens is 418 g/mol. The molecule has 1 N–H and O–H groups in total. The summed E-state index contributed by atoms with van der Waals surface area (Å²) in [6.07, 6.45) is 0.601. The van der Waals surface area contributed by atoms with Crippen molar-refractivity contribution in [2.45, 2.75) is 4.90 Å². The van der Waals surface area contributed by atoms with E-state index in [9.17, 15) is 22.8 Å². The van der Waals surface area contributed by atoms with Crippen LogP contribution in [0.3, 0.4) is 0 Å². The van der Waals surface area contributed by atoms with Crippen molar-refractivity contribution in [3.63, 3.8) is 0 Å². The molecule has 4 rings (SSSR count). The van der Waals surface area contributed by atoms with E-state index in [0.717, 1.165) is 0 Å². The van der Waals surface area contributed by atoms with Gasteiger partial charge >= 0.3 is 0 Å². The SMILES string of the molecule is O=Cc1cccc(OC2=C(NS(=O)(=O)c3ccccc3)C(=O)c3ccccc3C2=O)c1. The van der Waals surface area contributed by atoms with Gasteiger partial charge in [-0.3, -0.25) is 19.1 Å². The first kappa shape index (κ1) is 20.2.